The standard InChI is InChI=1S/C18H16ClN3O2/c19-15-10-14(9-12-3-8-24-17(12)15)16-2-1-13(11-21-16)18(23)22-6-4-20-5-7-22/h1-3,8-11,20H,4-7H2. The summed E-state index contributed by atoms with van der Waals surface area (Å²) in [5.74, 6) is 0.0267. The van der Waals surface area contributed by atoms with Crippen LogP contribution in [0.5, 0.6) is 0 Å². The summed E-state index contributed by atoms with van der Waals surface area (Å²) in [6.07, 6.45) is 3.25. The van der Waals surface area contributed by atoms with Crippen molar-refractivity contribution < 1.29 is 9.21 Å². The van der Waals surface area contributed by atoms with Crippen LogP contribution in [-0.4, -0.2) is 42.0 Å². The Kier molecular flexibility index (Phi) is 3.96. The van der Waals surface area contributed by atoms with E-state index in [0.717, 1.165) is 42.8 Å². The molecule has 24 heavy (non-hydrogen) atoms. The molecular weight excluding hydrogens is 326 g/mol. The maximum atomic E-state index is 12.5. The van der Waals surface area contributed by atoms with Gasteiger partial charge in [-0.2, -0.15) is 0 Å². The van der Waals surface area contributed by atoms with Crippen LogP contribution in [0.15, 0.2) is 47.2 Å². The van der Waals surface area contributed by atoms with Crippen LogP contribution in [0.1, 0.15) is 10.4 Å². The van der Waals surface area contributed by atoms with Crippen LogP contribution in [0.2, 0.25) is 5.02 Å². The maximum Gasteiger partial charge on any atom is 0.255 e. The van der Waals surface area contributed by atoms with Gasteiger partial charge in [0, 0.05) is 43.3 Å². The predicted octanol–water partition coefficient (Wildman–Crippen LogP) is 3.19. The Morgan fingerprint density at radius 2 is 2.04 bits per heavy atom. The number of halogens is 1. The van der Waals surface area contributed by atoms with E-state index in [2.05, 4.69) is 10.3 Å². The number of hydrogen-bond acceptors (Lipinski definition) is 4. The molecule has 1 aliphatic rings. The largest absolute Gasteiger partial charge is 0.463 e. The molecule has 0 saturated carbocycles. The highest BCUT2D eigenvalue weighted by molar-refractivity contribution is 6.35. The summed E-state index contributed by atoms with van der Waals surface area (Å²) >= 11 is 6.25. The normalized spacial score (nSPS) is 15.0. The molecule has 1 aliphatic heterocycles. The molecule has 2 aromatic heterocycles. The Bertz CT molecular complexity index is 883. The lowest BCUT2D eigenvalue weighted by Gasteiger charge is -2.27. The van der Waals surface area contributed by atoms with E-state index in [0.29, 0.717) is 16.2 Å². The van der Waals surface area contributed by atoms with Crippen molar-refractivity contribution >= 4 is 28.5 Å². The molecule has 1 amide bonds. The van der Waals surface area contributed by atoms with Crippen LogP contribution in [0, 0.1) is 0 Å². The zero-order valence-corrected chi connectivity index (χ0v) is 13.7. The number of pyridine rings is 1. The molecule has 0 atom stereocenters. The third kappa shape index (κ3) is 2.77. The average Bonchev–Trinajstić information content (AvgIpc) is 3.11. The number of carbonyl (C=O) groups is 1. The van der Waals surface area contributed by atoms with Crippen molar-refractivity contribution in [3.05, 3.63) is 53.4 Å². The van der Waals surface area contributed by atoms with Gasteiger partial charge >= 0.3 is 0 Å². The summed E-state index contributed by atoms with van der Waals surface area (Å²) in [6, 6.07) is 9.35. The molecule has 0 aliphatic carbocycles. The Morgan fingerprint density at radius 3 is 2.79 bits per heavy atom. The zero-order chi connectivity index (χ0) is 16.5. The number of rotatable bonds is 2. The molecule has 4 rings (SSSR count). The van der Waals surface area contributed by atoms with E-state index in [4.69, 9.17) is 16.0 Å². The Balaban J connectivity index is 1.61. The van der Waals surface area contributed by atoms with Gasteiger partial charge in [0.2, 0.25) is 0 Å². The second kappa shape index (κ2) is 6.26. The number of hydrogen-bond donors (Lipinski definition) is 1. The summed E-state index contributed by atoms with van der Waals surface area (Å²) in [5.41, 5.74) is 2.95. The topological polar surface area (TPSA) is 58.4 Å². The lowest BCUT2D eigenvalue weighted by molar-refractivity contribution is 0.0735. The van der Waals surface area contributed by atoms with Crippen LogP contribution in [-0.2, 0) is 0 Å². The summed E-state index contributed by atoms with van der Waals surface area (Å²) in [6.45, 7) is 3.13. The average molecular weight is 342 g/mol. The number of aromatic nitrogens is 1. The third-order valence-corrected chi connectivity index (χ3v) is 4.50. The number of amides is 1. The minimum absolute atomic E-state index is 0.0267. The van der Waals surface area contributed by atoms with Gasteiger partial charge in [-0.1, -0.05) is 11.6 Å². The highest BCUT2D eigenvalue weighted by Crippen LogP contribution is 2.30. The fourth-order valence-electron chi connectivity index (χ4n) is 2.93. The first kappa shape index (κ1) is 15.2. The van der Waals surface area contributed by atoms with E-state index < -0.39 is 0 Å². The highest BCUT2D eigenvalue weighted by atomic mass is 35.5. The lowest BCUT2D eigenvalue weighted by atomic mass is 10.1. The number of nitrogens with zero attached hydrogens (tertiary/aromatic N) is 2. The van der Waals surface area contributed by atoms with E-state index in [1.807, 2.05) is 35.2 Å². The Morgan fingerprint density at radius 1 is 1.21 bits per heavy atom. The van der Waals surface area contributed by atoms with Gasteiger partial charge in [-0.05, 0) is 30.3 Å². The van der Waals surface area contributed by atoms with Crippen LogP contribution >= 0.6 is 11.6 Å². The van der Waals surface area contributed by atoms with Crippen molar-refractivity contribution in [2.75, 3.05) is 26.2 Å². The molecule has 1 fully saturated rings. The number of nitrogens with one attached hydrogen (secondary N) is 1. The van der Waals surface area contributed by atoms with E-state index in [-0.39, 0.29) is 5.91 Å². The van der Waals surface area contributed by atoms with Crippen molar-refractivity contribution in [1.29, 1.82) is 0 Å². The third-order valence-electron chi connectivity index (χ3n) is 4.22. The fourth-order valence-corrected chi connectivity index (χ4v) is 3.20. The smallest absolute Gasteiger partial charge is 0.255 e. The quantitative estimate of drug-likeness (QED) is 0.777. The number of carbonyl (C=O) groups excluding carboxylic acids is 1. The summed E-state index contributed by atoms with van der Waals surface area (Å²) in [7, 11) is 0. The Hall–Kier alpha value is -2.37. The zero-order valence-electron chi connectivity index (χ0n) is 13.0. The van der Waals surface area contributed by atoms with Crippen LogP contribution in [0.3, 0.4) is 0 Å². The van der Waals surface area contributed by atoms with Crippen molar-refractivity contribution in [3.8, 4) is 11.3 Å². The van der Waals surface area contributed by atoms with Crippen molar-refractivity contribution in [2.45, 2.75) is 0 Å². The monoisotopic (exact) mass is 341 g/mol. The number of furan rings is 1. The molecular formula is C18H16ClN3O2. The van der Waals surface area contributed by atoms with Gasteiger partial charge in [-0.15, -0.1) is 0 Å². The second-order valence-corrected chi connectivity index (χ2v) is 6.18. The number of fused-ring (bicyclic) bond motifs is 1. The molecule has 0 spiro atoms. The first-order valence-corrected chi connectivity index (χ1v) is 8.23. The summed E-state index contributed by atoms with van der Waals surface area (Å²) in [5, 5.41) is 4.72. The van der Waals surface area contributed by atoms with Crippen molar-refractivity contribution in [1.82, 2.24) is 15.2 Å². The molecule has 0 unspecified atom stereocenters. The van der Waals surface area contributed by atoms with Gasteiger partial charge in [0.05, 0.1) is 22.5 Å². The molecule has 3 aromatic rings. The molecule has 1 saturated heterocycles. The molecule has 1 aromatic carbocycles. The highest BCUT2D eigenvalue weighted by Gasteiger charge is 2.18. The maximum absolute atomic E-state index is 12.5. The van der Waals surface area contributed by atoms with Crippen molar-refractivity contribution in [3.63, 3.8) is 0 Å². The summed E-state index contributed by atoms with van der Waals surface area (Å²) < 4.78 is 5.35. The lowest BCUT2D eigenvalue weighted by Crippen LogP contribution is -2.46. The first-order chi connectivity index (χ1) is 11.7. The van der Waals surface area contributed by atoms with Gasteiger partial charge in [0.1, 0.15) is 0 Å². The van der Waals surface area contributed by atoms with E-state index in [1.165, 1.54) is 0 Å². The van der Waals surface area contributed by atoms with E-state index in [1.54, 1.807) is 12.5 Å². The molecule has 0 bridgehead atoms. The van der Waals surface area contributed by atoms with Gasteiger partial charge < -0.3 is 14.6 Å². The SMILES string of the molecule is O=C(c1ccc(-c2cc(Cl)c3occc3c2)nc1)N1CCNCC1. The Labute approximate surface area is 144 Å². The van der Waals surface area contributed by atoms with Crippen LogP contribution in [0.25, 0.3) is 22.2 Å². The van der Waals surface area contributed by atoms with Gasteiger partial charge in [0.25, 0.3) is 5.91 Å². The van der Waals surface area contributed by atoms with Crippen LogP contribution < -0.4 is 5.32 Å². The van der Waals surface area contributed by atoms with Crippen LogP contribution in [0.4, 0.5) is 0 Å². The fraction of sp³-hybridized carbons (Fsp3) is 0.222. The molecule has 6 heteroatoms. The van der Waals surface area contributed by atoms with E-state index >= 15 is 0 Å². The molecule has 3 heterocycles. The minimum Gasteiger partial charge on any atom is -0.463 e. The molecule has 0 radical (unpaired) electrons. The van der Waals surface area contributed by atoms with Gasteiger partial charge in [-0.3, -0.25) is 9.78 Å². The summed E-state index contributed by atoms with van der Waals surface area (Å²) in [4.78, 5) is 18.8. The minimum atomic E-state index is 0.0267. The van der Waals surface area contributed by atoms with Gasteiger partial charge in [0.15, 0.2) is 5.58 Å². The van der Waals surface area contributed by atoms with Gasteiger partial charge in [-0.25, -0.2) is 0 Å². The second-order valence-electron chi connectivity index (χ2n) is 5.77. The van der Waals surface area contributed by atoms with E-state index in [9.17, 15) is 4.79 Å². The van der Waals surface area contributed by atoms with Crippen molar-refractivity contribution in [2.24, 2.45) is 0 Å². The molecule has 1 N–H and O–H groups in total. The first-order valence-electron chi connectivity index (χ1n) is 7.85. The number of piperazine rings is 1. The molecule has 122 valence electrons. The predicted molar refractivity (Wildman–Crippen MR) is 93.2 cm³/mol. The molecule has 5 nitrogen and oxygen atoms in total. The number of benzene rings is 1.